The van der Waals surface area contributed by atoms with Gasteiger partial charge >= 0.3 is 11.9 Å². The SMILES string of the molecule is CC(=O)/C(=N\O[C@@H](CC(=O)O)C(=O)O)c1csc(N)n1. The number of hydrogen-bond acceptors (Lipinski definition) is 8. The second kappa shape index (κ2) is 6.61. The fourth-order valence-corrected chi connectivity index (χ4v) is 1.68. The first-order valence-corrected chi connectivity index (χ1v) is 6.10. The molecule has 1 aromatic heterocycles. The zero-order valence-electron chi connectivity index (χ0n) is 10.3. The predicted octanol–water partition coefficient (Wildman–Crippen LogP) is -0.0371. The van der Waals surface area contributed by atoms with E-state index >= 15 is 0 Å². The van der Waals surface area contributed by atoms with Crippen LogP contribution >= 0.6 is 11.3 Å². The molecule has 0 aromatic carbocycles. The summed E-state index contributed by atoms with van der Waals surface area (Å²) in [5, 5.41) is 22.4. The third kappa shape index (κ3) is 4.31. The molecule has 108 valence electrons. The van der Waals surface area contributed by atoms with Gasteiger partial charge in [0.15, 0.2) is 16.6 Å². The average molecular weight is 301 g/mol. The largest absolute Gasteiger partial charge is 0.481 e. The number of Topliss-reactive ketones (excluding diaryl/α,β-unsaturated/α-hetero) is 1. The smallest absolute Gasteiger partial charge is 0.348 e. The number of anilines is 1. The number of carboxylic acids is 2. The molecule has 0 bridgehead atoms. The minimum atomic E-state index is -1.70. The molecule has 0 aliphatic rings. The second-order valence-corrected chi connectivity index (χ2v) is 4.49. The number of carboxylic acid groups (broad SMARTS) is 2. The van der Waals surface area contributed by atoms with E-state index in [0.717, 1.165) is 11.3 Å². The summed E-state index contributed by atoms with van der Waals surface area (Å²) in [5.41, 5.74) is 5.33. The predicted molar refractivity (Wildman–Crippen MR) is 68.5 cm³/mol. The standard InChI is InChI=1S/C10H11N3O6S/c1-4(14)8(5-3-20-10(11)12-5)13-19-6(9(17)18)2-7(15)16/h3,6H,2H2,1H3,(H2,11,12)(H,15,16)(H,17,18)/b13-8+/t6-/m0/s1. The maximum absolute atomic E-state index is 11.4. The van der Waals surface area contributed by atoms with E-state index < -0.39 is 30.2 Å². The molecule has 1 aromatic rings. The van der Waals surface area contributed by atoms with Crippen molar-refractivity contribution in [2.75, 3.05) is 5.73 Å². The number of carbonyl (C=O) groups is 3. The van der Waals surface area contributed by atoms with Gasteiger partial charge in [-0.15, -0.1) is 11.3 Å². The molecule has 1 atom stereocenters. The number of nitrogens with two attached hydrogens (primary N) is 1. The van der Waals surface area contributed by atoms with Gasteiger partial charge in [-0.05, 0) is 0 Å². The van der Waals surface area contributed by atoms with Crippen LogP contribution in [0.15, 0.2) is 10.5 Å². The van der Waals surface area contributed by atoms with Gasteiger partial charge in [-0.25, -0.2) is 9.78 Å². The molecule has 0 unspecified atom stereocenters. The molecule has 0 aliphatic carbocycles. The molecule has 4 N–H and O–H groups in total. The number of rotatable bonds is 7. The number of ketones is 1. The van der Waals surface area contributed by atoms with Crippen molar-refractivity contribution in [3.63, 3.8) is 0 Å². The highest BCUT2D eigenvalue weighted by molar-refractivity contribution is 7.13. The average Bonchev–Trinajstić information content (AvgIpc) is 2.73. The Morgan fingerprint density at radius 2 is 2.15 bits per heavy atom. The van der Waals surface area contributed by atoms with E-state index in [9.17, 15) is 14.4 Å². The van der Waals surface area contributed by atoms with Gasteiger partial charge in [-0.2, -0.15) is 0 Å². The first-order chi connectivity index (χ1) is 9.31. The fraction of sp³-hybridized carbons (Fsp3) is 0.300. The van der Waals surface area contributed by atoms with Gasteiger partial charge in [-0.1, -0.05) is 5.16 Å². The van der Waals surface area contributed by atoms with E-state index in [-0.39, 0.29) is 16.5 Å². The van der Waals surface area contributed by atoms with E-state index in [1.807, 2.05) is 0 Å². The first-order valence-electron chi connectivity index (χ1n) is 5.22. The lowest BCUT2D eigenvalue weighted by atomic mass is 10.2. The lowest BCUT2D eigenvalue weighted by molar-refractivity contribution is -0.156. The van der Waals surface area contributed by atoms with Gasteiger partial charge in [0.05, 0.1) is 6.42 Å². The summed E-state index contributed by atoms with van der Waals surface area (Å²) < 4.78 is 0. The molecule has 10 heteroatoms. The van der Waals surface area contributed by atoms with Gasteiger partial charge in [0, 0.05) is 12.3 Å². The topological polar surface area (TPSA) is 152 Å². The van der Waals surface area contributed by atoms with Crippen molar-refractivity contribution in [1.29, 1.82) is 0 Å². The first kappa shape index (κ1) is 15.6. The monoisotopic (exact) mass is 301 g/mol. The second-order valence-electron chi connectivity index (χ2n) is 3.60. The number of hydrogen-bond donors (Lipinski definition) is 3. The lowest BCUT2D eigenvalue weighted by Crippen LogP contribution is -2.26. The van der Waals surface area contributed by atoms with Crippen molar-refractivity contribution in [1.82, 2.24) is 4.98 Å². The Balaban J connectivity index is 2.94. The molecule has 9 nitrogen and oxygen atoms in total. The molecule has 1 heterocycles. The summed E-state index contributed by atoms with van der Waals surface area (Å²) in [6, 6.07) is 0. The van der Waals surface area contributed by atoms with Crippen LogP contribution in [0.5, 0.6) is 0 Å². The van der Waals surface area contributed by atoms with E-state index in [1.165, 1.54) is 12.3 Å². The van der Waals surface area contributed by atoms with E-state index in [2.05, 4.69) is 15.0 Å². The van der Waals surface area contributed by atoms with Crippen LogP contribution in [0.25, 0.3) is 0 Å². The Hall–Kier alpha value is -2.49. The summed E-state index contributed by atoms with van der Waals surface area (Å²) in [6.45, 7) is 1.19. The van der Waals surface area contributed by atoms with Crippen LogP contribution in [0.4, 0.5) is 5.13 Å². The minimum absolute atomic E-state index is 0.138. The van der Waals surface area contributed by atoms with Crippen molar-refractivity contribution in [3.8, 4) is 0 Å². The number of nitrogen functional groups attached to an aromatic ring is 1. The van der Waals surface area contributed by atoms with Crippen LogP contribution in [0.3, 0.4) is 0 Å². The number of carbonyl (C=O) groups excluding carboxylic acids is 1. The molecule has 0 spiro atoms. The van der Waals surface area contributed by atoms with Crippen LogP contribution in [0.1, 0.15) is 19.0 Å². The highest BCUT2D eigenvalue weighted by atomic mass is 32.1. The molecule has 0 fully saturated rings. The van der Waals surface area contributed by atoms with Crippen molar-refractivity contribution >= 4 is 39.9 Å². The maximum atomic E-state index is 11.4. The third-order valence-electron chi connectivity index (χ3n) is 2.00. The highest BCUT2D eigenvalue weighted by Gasteiger charge is 2.24. The van der Waals surface area contributed by atoms with Crippen LogP contribution in [0, 0.1) is 0 Å². The number of aliphatic carboxylic acids is 2. The molecule has 0 aliphatic heterocycles. The van der Waals surface area contributed by atoms with E-state index in [4.69, 9.17) is 15.9 Å². The van der Waals surface area contributed by atoms with Gasteiger partial charge in [-0.3, -0.25) is 9.59 Å². The molecule has 1 rings (SSSR count). The van der Waals surface area contributed by atoms with Crippen molar-refractivity contribution in [3.05, 3.63) is 11.1 Å². The Morgan fingerprint density at radius 1 is 1.50 bits per heavy atom. The number of oxime groups is 1. The van der Waals surface area contributed by atoms with Gasteiger partial charge < -0.3 is 20.8 Å². The molecule has 0 amide bonds. The normalized spacial score (nSPS) is 12.8. The van der Waals surface area contributed by atoms with Crippen LogP contribution in [-0.4, -0.2) is 44.7 Å². The summed E-state index contributed by atoms with van der Waals surface area (Å²) >= 11 is 1.07. The quantitative estimate of drug-likeness (QED) is 0.468. The fourth-order valence-electron chi connectivity index (χ4n) is 1.13. The van der Waals surface area contributed by atoms with E-state index in [0.29, 0.717) is 0 Å². The lowest BCUT2D eigenvalue weighted by Gasteiger charge is -2.08. The maximum Gasteiger partial charge on any atom is 0.348 e. The molecular formula is C10H11N3O6S. The Labute approximate surface area is 116 Å². The summed E-state index contributed by atoms with van der Waals surface area (Å²) in [6.07, 6.45) is -2.48. The van der Waals surface area contributed by atoms with Gasteiger partial charge in [0.1, 0.15) is 5.69 Å². The van der Waals surface area contributed by atoms with Gasteiger partial charge in [0.25, 0.3) is 0 Å². The summed E-state index contributed by atoms with van der Waals surface area (Å²) in [7, 11) is 0. The molecule has 0 radical (unpaired) electrons. The zero-order chi connectivity index (χ0) is 15.3. The molecule has 20 heavy (non-hydrogen) atoms. The van der Waals surface area contributed by atoms with Crippen LogP contribution in [-0.2, 0) is 19.2 Å². The van der Waals surface area contributed by atoms with Gasteiger partial charge in [0.2, 0.25) is 6.10 Å². The number of thiazole rings is 1. The Bertz CT molecular complexity index is 567. The Morgan fingerprint density at radius 3 is 2.55 bits per heavy atom. The van der Waals surface area contributed by atoms with Crippen molar-refractivity contribution in [2.45, 2.75) is 19.4 Å². The number of aromatic nitrogens is 1. The third-order valence-corrected chi connectivity index (χ3v) is 2.68. The Kier molecular flexibility index (Phi) is 5.15. The van der Waals surface area contributed by atoms with E-state index in [1.54, 1.807) is 0 Å². The summed E-state index contributed by atoms with van der Waals surface area (Å²) in [5.74, 6) is -3.39. The minimum Gasteiger partial charge on any atom is -0.481 e. The molecular weight excluding hydrogens is 290 g/mol. The van der Waals surface area contributed by atoms with Crippen LogP contribution in [0.2, 0.25) is 0 Å². The van der Waals surface area contributed by atoms with Crippen molar-refractivity contribution < 1.29 is 29.4 Å². The van der Waals surface area contributed by atoms with Crippen LogP contribution < -0.4 is 5.73 Å². The molecule has 0 saturated carbocycles. The van der Waals surface area contributed by atoms with Crippen molar-refractivity contribution in [2.24, 2.45) is 5.16 Å². The zero-order valence-corrected chi connectivity index (χ0v) is 11.1. The molecule has 0 saturated heterocycles. The highest BCUT2D eigenvalue weighted by Crippen LogP contribution is 2.13. The number of nitrogens with zero attached hydrogens (tertiary/aromatic N) is 2. The summed E-state index contributed by atoms with van der Waals surface area (Å²) in [4.78, 5) is 41.1.